The molecule has 0 aliphatic rings. The molecule has 8 nitrogen and oxygen atoms in total. The van der Waals surface area contributed by atoms with Crippen LogP contribution in [0, 0.1) is 6.92 Å². The number of nitrogens with two attached hydrogens (primary N) is 1. The molecule has 0 amide bonds. The smallest absolute Gasteiger partial charge is 0.337 e. The molecular formula is C22H26ClN3O5. The summed E-state index contributed by atoms with van der Waals surface area (Å²) in [5.74, 6) is -0.0706. The van der Waals surface area contributed by atoms with Crippen LogP contribution in [0.1, 0.15) is 35.5 Å². The van der Waals surface area contributed by atoms with Crippen molar-refractivity contribution in [1.29, 1.82) is 0 Å². The first kappa shape index (κ1) is 24.3. The number of aromatic nitrogens is 2. The number of halogens is 1. The molecule has 0 radical (unpaired) electrons. The van der Waals surface area contributed by atoms with Gasteiger partial charge in [0.15, 0.2) is 0 Å². The zero-order chi connectivity index (χ0) is 22.8. The molecule has 2 aromatic heterocycles. The number of aryl methyl sites for hydroxylation is 1. The maximum absolute atomic E-state index is 10.8. The molecule has 0 spiro atoms. The molecule has 0 atom stereocenters. The van der Waals surface area contributed by atoms with Crippen LogP contribution in [-0.2, 0) is 11.3 Å². The summed E-state index contributed by atoms with van der Waals surface area (Å²) < 4.78 is 15.9. The minimum atomic E-state index is -1.03. The van der Waals surface area contributed by atoms with Crippen molar-refractivity contribution in [2.45, 2.75) is 33.5 Å². The average molecular weight is 448 g/mol. The van der Waals surface area contributed by atoms with E-state index in [2.05, 4.69) is 10.1 Å². The predicted octanol–water partition coefficient (Wildman–Crippen LogP) is 4.35. The summed E-state index contributed by atoms with van der Waals surface area (Å²) in [5.41, 5.74) is 7.58. The van der Waals surface area contributed by atoms with E-state index >= 15 is 0 Å². The van der Waals surface area contributed by atoms with Crippen LogP contribution in [0.3, 0.4) is 0 Å². The Labute approximate surface area is 185 Å². The molecule has 9 heteroatoms. The maximum Gasteiger partial charge on any atom is 0.337 e. The lowest BCUT2D eigenvalue weighted by Crippen LogP contribution is -2.12. The Bertz CT molecular complexity index is 956. The normalized spacial score (nSPS) is 10.5. The van der Waals surface area contributed by atoms with Gasteiger partial charge in [-0.2, -0.15) is 0 Å². The van der Waals surface area contributed by atoms with E-state index < -0.39 is 5.97 Å². The fourth-order valence-electron chi connectivity index (χ4n) is 2.44. The lowest BCUT2D eigenvalue weighted by Gasteiger charge is -2.06. The van der Waals surface area contributed by atoms with Gasteiger partial charge in [-0.05, 0) is 39.0 Å². The van der Waals surface area contributed by atoms with Crippen molar-refractivity contribution in [2.24, 2.45) is 5.73 Å². The van der Waals surface area contributed by atoms with Gasteiger partial charge in [-0.15, -0.1) is 0 Å². The van der Waals surface area contributed by atoms with Crippen molar-refractivity contribution < 1.29 is 23.9 Å². The summed E-state index contributed by atoms with van der Waals surface area (Å²) in [6.07, 6.45) is 1.57. The second-order valence-corrected chi connectivity index (χ2v) is 7.20. The SMILES string of the molecule is CC(C)OCCN.Cc1onc(-c2ccc(Cl)cc2)c1COc1ccc(C(=O)O)cn1. The highest BCUT2D eigenvalue weighted by Crippen LogP contribution is 2.27. The minimum Gasteiger partial charge on any atom is -0.478 e. The third-order valence-corrected chi connectivity index (χ3v) is 4.27. The zero-order valence-electron chi connectivity index (χ0n) is 17.7. The number of pyridine rings is 1. The molecule has 0 aliphatic heterocycles. The van der Waals surface area contributed by atoms with Crippen LogP contribution in [-0.4, -0.2) is 40.5 Å². The summed E-state index contributed by atoms with van der Waals surface area (Å²) in [7, 11) is 0. The molecule has 0 aliphatic carbocycles. The lowest BCUT2D eigenvalue weighted by atomic mass is 10.1. The fourth-order valence-corrected chi connectivity index (χ4v) is 2.56. The van der Waals surface area contributed by atoms with Crippen molar-refractivity contribution in [3.63, 3.8) is 0 Å². The van der Waals surface area contributed by atoms with E-state index in [1.54, 1.807) is 19.1 Å². The summed E-state index contributed by atoms with van der Waals surface area (Å²) >= 11 is 5.90. The van der Waals surface area contributed by atoms with Crippen LogP contribution < -0.4 is 10.5 Å². The molecule has 0 saturated carbocycles. The van der Waals surface area contributed by atoms with Crippen molar-refractivity contribution >= 4 is 17.6 Å². The Morgan fingerprint density at radius 1 is 1.23 bits per heavy atom. The number of hydrogen-bond donors (Lipinski definition) is 2. The number of rotatable bonds is 8. The molecule has 2 heterocycles. The van der Waals surface area contributed by atoms with E-state index in [1.807, 2.05) is 26.0 Å². The molecule has 0 saturated heterocycles. The highest BCUT2D eigenvalue weighted by Gasteiger charge is 2.16. The van der Waals surface area contributed by atoms with Gasteiger partial charge in [0.05, 0.1) is 23.8 Å². The molecule has 1 aromatic carbocycles. The van der Waals surface area contributed by atoms with E-state index in [4.69, 9.17) is 36.4 Å². The molecule has 3 rings (SSSR count). The lowest BCUT2D eigenvalue weighted by molar-refractivity contribution is 0.0696. The van der Waals surface area contributed by atoms with Crippen LogP contribution in [0.15, 0.2) is 47.1 Å². The first-order valence-corrected chi connectivity index (χ1v) is 10.0. The molecular weight excluding hydrogens is 422 g/mol. The van der Waals surface area contributed by atoms with Gasteiger partial charge in [-0.3, -0.25) is 0 Å². The second kappa shape index (κ2) is 12.0. The van der Waals surface area contributed by atoms with Crippen LogP contribution in [0.4, 0.5) is 0 Å². The summed E-state index contributed by atoms with van der Waals surface area (Å²) in [4.78, 5) is 14.8. The molecule has 0 fully saturated rings. The zero-order valence-corrected chi connectivity index (χ0v) is 18.4. The first-order valence-electron chi connectivity index (χ1n) is 9.66. The molecule has 3 N–H and O–H groups in total. The minimum absolute atomic E-state index is 0.102. The topological polar surface area (TPSA) is 121 Å². The highest BCUT2D eigenvalue weighted by atomic mass is 35.5. The Morgan fingerprint density at radius 3 is 2.45 bits per heavy atom. The molecule has 3 aromatic rings. The van der Waals surface area contributed by atoms with Crippen LogP contribution in [0.2, 0.25) is 5.02 Å². The number of benzene rings is 1. The number of hydrogen-bond acceptors (Lipinski definition) is 7. The van der Waals surface area contributed by atoms with Gasteiger partial charge in [0.2, 0.25) is 5.88 Å². The molecule has 0 unspecified atom stereocenters. The predicted molar refractivity (Wildman–Crippen MR) is 117 cm³/mol. The summed E-state index contributed by atoms with van der Waals surface area (Å²) in [5, 5.41) is 13.6. The van der Waals surface area contributed by atoms with Crippen LogP contribution >= 0.6 is 11.6 Å². The van der Waals surface area contributed by atoms with E-state index in [1.165, 1.54) is 18.3 Å². The quantitative estimate of drug-likeness (QED) is 0.522. The number of carbonyl (C=O) groups is 1. The van der Waals surface area contributed by atoms with Crippen molar-refractivity contribution in [3.8, 4) is 17.1 Å². The van der Waals surface area contributed by atoms with Gasteiger partial charge < -0.3 is 24.8 Å². The van der Waals surface area contributed by atoms with Crippen molar-refractivity contribution in [1.82, 2.24) is 10.1 Å². The maximum atomic E-state index is 10.8. The number of ether oxygens (including phenoxy) is 2. The van der Waals surface area contributed by atoms with Gasteiger partial charge in [0, 0.05) is 29.4 Å². The van der Waals surface area contributed by atoms with Crippen LogP contribution in [0.5, 0.6) is 5.88 Å². The van der Waals surface area contributed by atoms with Crippen molar-refractivity contribution in [2.75, 3.05) is 13.2 Å². The average Bonchev–Trinajstić information content (AvgIpc) is 3.12. The largest absolute Gasteiger partial charge is 0.478 e. The second-order valence-electron chi connectivity index (χ2n) is 6.76. The van der Waals surface area contributed by atoms with Gasteiger partial charge in [-0.25, -0.2) is 9.78 Å². The molecule has 31 heavy (non-hydrogen) atoms. The van der Waals surface area contributed by atoms with Crippen LogP contribution in [0.25, 0.3) is 11.3 Å². The van der Waals surface area contributed by atoms with E-state index in [-0.39, 0.29) is 12.2 Å². The third-order valence-electron chi connectivity index (χ3n) is 4.02. The van der Waals surface area contributed by atoms with Gasteiger partial charge >= 0.3 is 5.97 Å². The Balaban J connectivity index is 0.000000423. The number of nitrogens with zero attached hydrogens (tertiary/aromatic N) is 2. The highest BCUT2D eigenvalue weighted by molar-refractivity contribution is 6.30. The molecule has 166 valence electrons. The standard InChI is InChI=1S/C17H13ClN2O4.C5H13NO/c1-10-14(9-23-15-7-4-12(8-19-15)17(21)22)16(20-24-10)11-2-5-13(18)6-3-11;1-5(2)7-4-3-6/h2-8H,9H2,1H3,(H,21,22);5H,3-4,6H2,1-2H3. The van der Waals surface area contributed by atoms with Gasteiger partial charge in [-0.1, -0.05) is 28.9 Å². The fraction of sp³-hybridized carbons (Fsp3) is 0.318. The Kier molecular flexibility index (Phi) is 9.45. The third kappa shape index (κ3) is 7.67. The van der Waals surface area contributed by atoms with E-state index in [9.17, 15) is 4.79 Å². The van der Waals surface area contributed by atoms with E-state index in [0.717, 1.165) is 11.1 Å². The van der Waals surface area contributed by atoms with Gasteiger partial charge in [0.1, 0.15) is 18.1 Å². The number of carboxylic acids is 1. The van der Waals surface area contributed by atoms with Crippen molar-refractivity contribution in [3.05, 3.63) is 64.5 Å². The Morgan fingerprint density at radius 2 is 1.94 bits per heavy atom. The van der Waals surface area contributed by atoms with Gasteiger partial charge in [0.25, 0.3) is 0 Å². The summed E-state index contributed by atoms with van der Waals surface area (Å²) in [6.45, 7) is 7.29. The summed E-state index contributed by atoms with van der Waals surface area (Å²) in [6, 6.07) is 10.2. The number of carboxylic acid groups (broad SMARTS) is 1. The first-order chi connectivity index (χ1) is 14.8. The number of aromatic carboxylic acids is 1. The monoisotopic (exact) mass is 447 g/mol. The Hall–Kier alpha value is -2.94. The molecule has 0 bridgehead atoms. The van der Waals surface area contributed by atoms with E-state index in [0.29, 0.717) is 41.6 Å².